The van der Waals surface area contributed by atoms with Gasteiger partial charge >= 0.3 is 0 Å². The first-order valence-electron chi connectivity index (χ1n) is 16.9. The van der Waals surface area contributed by atoms with Crippen LogP contribution < -0.4 is 4.90 Å². The van der Waals surface area contributed by atoms with Gasteiger partial charge < -0.3 is 9.47 Å². The van der Waals surface area contributed by atoms with Gasteiger partial charge in [-0.1, -0.05) is 91.0 Å². The van der Waals surface area contributed by atoms with Gasteiger partial charge in [-0.25, -0.2) is 0 Å². The largest absolute Gasteiger partial charge is 0.310 e. The highest BCUT2D eigenvalue weighted by atomic mass is 32.1. The van der Waals surface area contributed by atoms with Crippen LogP contribution in [0.1, 0.15) is 0 Å². The van der Waals surface area contributed by atoms with Crippen molar-refractivity contribution in [1.82, 2.24) is 4.57 Å². The SMILES string of the molecule is c1ccc(-n2c3ccccc3c3ccc(N(c4ccc5cc6c(cc5c4)sc4ccccc46)c4cccc5sc6ccccc6c45)cc32)cc1. The number of hydrogen-bond acceptors (Lipinski definition) is 3. The maximum atomic E-state index is 2.47. The highest BCUT2D eigenvalue weighted by Gasteiger charge is 2.21. The number of thiophene rings is 2. The number of nitrogens with zero attached hydrogens (tertiary/aromatic N) is 2. The van der Waals surface area contributed by atoms with Crippen LogP contribution >= 0.6 is 22.7 Å². The van der Waals surface area contributed by atoms with Crippen molar-refractivity contribution in [3.05, 3.63) is 170 Å². The number of para-hydroxylation sites is 2. The molecule has 0 N–H and O–H groups in total. The van der Waals surface area contributed by atoms with E-state index in [1.54, 1.807) is 0 Å². The van der Waals surface area contributed by atoms with Crippen LogP contribution in [0.3, 0.4) is 0 Å². The molecule has 2 nitrogen and oxygen atoms in total. The molecule has 0 fully saturated rings. The van der Waals surface area contributed by atoms with Gasteiger partial charge in [0.25, 0.3) is 0 Å². The predicted molar refractivity (Wildman–Crippen MR) is 219 cm³/mol. The lowest BCUT2D eigenvalue weighted by molar-refractivity contribution is 1.18. The molecule has 0 radical (unpaired) electrons. The Bertz CT molecular complexity index is 3110. The minimum Gasteiger partial charge on any atom is -0.310 e. The van der Waals surface area contributed by atoms with Crippen LogP contribution in [0.15, 0.2) is 170 Å². The summed E-state index contributed by atoms with van der Waals surface area (Å²) in [5.41, 5.74) is 7.01. The Kier molecular flexibility index (Phi) is 6.03. The van der Waals surface area contributed by atoms with E-state index in [0.717, 1.165) is 17.1 Å². The highest BCUT2D eigenvalue weighted by Crippen LogP contribution is 2.47. The molecule has 0 aliphatic heterocycles. The molecular weight excluding hydrogens is 645 g/mol. The van der Waals surface area contributed by atoms with Crippen LogP contribution in [0.4, 0.5) is 17.1 Å². The van der Waals surface area contributed by atoms with Crippen molar-refractivity contribution in [2.45, 2.75) is 0 Å². The molecule has 11 aromatic rings. The van der Waals surface area contributed by atoms with E-state index >= 15 is 0 Å². The number of aromatic nitrogens is 1. The fraction of sp³-hybridized carbons (Fsp3) is 0. The monoisotopic (exact) mass is 672 g/mol. The molecule has 50 heavy (non-hydrogen) atoms. The molecule has 0 atom stereocenters. The number of fused-ring (bicyclic) bond motifs is 10. The lowest BCUT2D eigenvalue weighted by atomic mass is 10.0. The standard InChI is InChI=1S/C46H28N2S2/c1-2-11-31(12-3-1)48-39-16-7-4-13-34(39)35-24-23-33(28-41(35)48)47(40-17-10-20-44-46(40)37-15-6-9-19-43(37)49-44)32-22-21-29-26-38-36-14-5-8-18-42(36)50-45(38)27-30(29)25-32/h1-28H. The summed E-state index contributed by atoms with van der Waals surface area (Å²) in [4.78, 5) is 2.47. The first-order chi connectivity index (χ1) is 24.8. The van der Waals surface area contributed by atoms with Gasteiger partial charge in [0.15, 0.2) is 0 Å². The molecule has 3 heterocycles. The van der Waals surface area contributed by atoms with Crippen LogP contribution in [0.25, 0.3) is 78.6 Å². The molecule has 0 unspecified atom stereocenters. The van der Waals surface area contributed by atoms with Gasteiger partial charge in [-0.2, -0.15) is 0 Å². The van der Waals surface area contributed by atoms with Crippen molar-refractivity contribution < 1.29 is 0 Å². The summed E-state index contributed by atoms with van der Waals surface area (Å²) in [5.74, 6) is 0. The molecule has 0 amide bonds. The predicted octanol–water partition coefficient (Wildman–Crippen LogP) is 14.1. The summed E-state index contributed by atoms with van der Waals surface area (Å²) in [5, 5.41) is 10.2. The molecule has 0 aliphatic carbocycles. The van der Waals surface area contributed by atoms with E-state index in [-0.39, 0.29) is 0 Å². The van der Waals surface area contributed by atoms with Crippen molar-refractivity contribution in [3.63, 3.8) is 0 Å². The van der Waals surface area contributed by atoms with Crippen LogP contribution in [0.2, 0.25) is 0 Å². The fourth-order valence-electron chi connectivity index (χ4n) is 7.92. The van der Waals surface area contributed by atoms with Gasteiger partial charge in [0.05, 0.1) is 16.7 Å². The zero-order chi connectivity index (χ0) is 32.8. The normalized spacial score (nSPS) is 12.0. The molecule has 0 bridgehead atoms. The second-order valence-electron chi connectivity index (χ2n) is 13.0. The van der Waals surface area contributed by atoms with Gasteiger partial charge in [-0.3, -0.25) is 0 Å². The number of benzene rings is 8. The minimum atomic E-state index is 1.13. The molecule has 11 rings (SSSR count). The quantitative estimate of drug-likeness (QED) is 0.181. The Labute approximate surface area is 296 Å². The second kappa shape index (κ2) is 10.8. The average molecular weight is 673 g/mol. The summed E-state index contributed by atoms with van der Waals surface area (Å²) in [6, 6.07) is 62.5. The molecule has 8 aromatic carbocycles. The van der Waals surface area contributed by atoms with E-state index in [9.17, 15) is 0 Å². The second-order valence-corrected chi connectivity index (χ2v) is 15.1. The number of anilines is 3. The van der Waals surface area contributed by atoms with Crippen molar-refractivity contribution in [1.29, 1.82) is 0 Å². The van der Waals surface area contributed by atoms with E-state index in [1.807, 2.05) is 22.7 Å². The first kappa shape index (κ1) is 28.0. The Hall–Kier alpha value is -5.94. The van der Waals surface area contributed by atoms with Crippen molar-refractivity contribution >= 4 is 113 Å². The van der Waals surface area contributed by atoms with Crippen LogP contribution in [-0.2, 0) is 0 Å². The van der Waals surface area contributed by atoms with E-state index in [4.69, 9.17) is 0 Å². The Morgan fingerprint density at radius 1 is 0.380 bits per heavy atom. The zero-order valence-electron chi connectivity index (χ0n) is 26.9. The summed E-state index contributed by atoms with van der Waals surface area (Å²) < 4.78 is 7.66. The number of hydrogen-bond donors (Lipinski definition) is 0. The summed E-state index contributed by atoms with van der Waals surface area (Å²) in [6.07, 6.45) is 0. The summed E-state index contributed by atoms with van der Waals surface area (Å²) >= 11 is 3.74. The summed E-state index contributed by atoms with van der Waals surface area (Å²) in [7, 11) is 0. The highest BCUT2D eigenvalue weighted by molar-refractivity contribution is 7.26. The van der Waals surface area contributed by atoms with Crippen molar-refractivity contribution in [2.24, 2.45) is 0 Å². The van der Waals surface area contributed by atoms with Gasteiger partial charge in [0.2, 0.25) is 0 Å². The molecule has 0 saturated heterocycles. The molecular formula is C46H28N2S2. The average Bonchev–Trinajstić information content (AvgIpc) is 3.83. The summed E-state index contributed by atoms with van der Waals surface area (Å²) in [6.45, 7) is 0. The van der Waals surface area contributed by atoms with Gasteiger partial charge in [0, 0.05) is 68.2 Å². The van der Waals surface area contributed by atoms with Crippen molar-refractivity contribution in [2.75, 3.05) is 4.90 Å². The lowest BCUT2D eigenvalue weighted by Crippen LogP contribution is -2.10. The topological polar surface area (TPSA) is 8.17 Å². The maximum absolute atomic E-state index is 2.47. The third-order valence-corrected chi connectivity index (χ3v) is 12.4. The van der Waals surface area contributed by atoms with Gasteiger partial charge in [-0.05, 0) is 89.6 Å². The smallest absolute Gasteiger partial charge is 0.0561 e. The van der Waals surface area contributed by atoms with E-state index < -0.39 is 0 Å². The molecule has 0 saturated carbocycles. The lowest BCUT2D eigenvalue weighted by Gasteiger charge is -2.27. The van der Waals surface area contributed by atoms with Crippen LogP contribution in [-0.4, -0.2) is 4.57 Å². The fourth-order valence-corrected chi connectivity index (χ4v) is 10.2. The maximum Gasteiger partial charge on any atom is 0.0561 e. The first-order valence-corrected chi connectivity index (χ1v) is 18.6. The Balaban J connectivity index is 1.21. The van der Waals surface area contributed by atoms with Gasteiger partial charge in [-0.15, -0.1) is 22.7 Å². The van der Waals surface area contributed by atoms with Crippen LogP contribution in [0, 0.1) is 0 Å². The van der Waals surface area contributed by atoms with E-state index in [1.165, 1.54) is 78.6 Å². The number of rotatable bonds is 4. The minimum absolute atomic E-state index is 1.13. The molecule has 234 valence electrons. The molecule has 4 heteroatoms. The van der Waals surface area contributed by atoms with E-state index in [2.05, 4.69) is 179 Å². The third kappa shape index (κ3) is 4.13. The molecule has 0 spiro atoms. The van der Waals surface area contributed by atoms with Crippen molar-refractivity contribution in [3.8, 4) is 5.69 Å². The molecule has 0 aliphatic rings. The van der Waals surface area contributed by atoms with Crippen LogP contribution in [0.5, 0.6) is 0 Å². The Morgan fingerprint density at radius 2 is 1.04 bits per heavy atom. The van der Waals surface area contributed by atoms with Gasteiger partial charge in [0.1, 0.15) is 0 Å². The third-order valence-electron chi connectivity index (χ3n) is 10.1. The molecule has 3 aromatic heterocycles. The van der Waals surface area contributed by atoms with E-state index in [0.29, 0.717) is 0 Å². The zero-order valence-corrected chi connectivity index (χ0v) is 28.5. The Morgan fingerprint density at radius 3 is 1.92 bits per heavy atom.